The predicted molar refractivity (Wildman–Crippen MR) is 71.3 cm³/mol. The molecule has 0 aliphatic carbocycles. The summed E-state index contributed by atoms with van der Waals surface area (Å²) in [7, 11) is 0. The van der Waals surface area contributed by atoms with Crippen LogP contribution in [0.3, 0.4) is 0 Å². The molecule has 6 nitrogen and oxygen atoms in total. The summed E-state index contributed by atoms with van der Waals surface area (Å²) in [5.74, 6) is 0. The standard InChI is InChI=1S/C13H18N2O4/c1-2-12-8-14(5-6-19-12)13-4-3-11(15(17)18)7-10(13)9-16/h3-4,7,12,16H,2,5-6,8-9H2,1H3. The lowest BCUT2D eigenvalue weighted by atomic mass is 10.1. The molecular weight excluding hydrogens is 248 g/mol. The van der Waals surface area contributed by atoms with Crippen molar-refractivity contribution in [2.45, 2.75) is 26.1 Å². The van der Waals surface area contributed by atoms with Crippen molar-refractivity contribution in [3.8, 4) is 0 Å². The first-order valence-corrected chi connectivity index (χ1v) is 6.40. The summed E-state index contributed by atoms with van der Waals surface area (Å²) < 4.78 is 5.60. The van der Waals surface area contributed by atoms with Gasteiger partial charge in [0.15, 0.2) is 0 Å². The van der Waals surface area contributed by atoms with Crippen LogP contribution in [0.4, 0.5) is 11.4 Å². The van der Waals surface area contributed by atoms with Gasteiger partial charge in [-0.15, -0.1) is 0 Å². The van der Waals surface area contributed by atoms with Gasteiger partial charge in [0.25, 0.3) is 5.69 Å². The number of rotatable bonds is 4. The third kappa shape index (κ3) is 3.02. The molecule has 0 saturated carbocycles. The lowest BCUT2D eigenvalue weighted by Crippen LogP contribution is -2.42. The van der Waals surface area contributed by atoms with Crippen LogP contribution in [-0.4, -0.2) is 35.8 Å². The van der Waals surface area contributed by atoms with Crippen LogP contribution in [0.5, 0.6) is 0 Å². The molecule has 0 spiro atoms. The van der Waals surface area contributed by atoms with Crippen molar-refractivity contribution in [2.24, 2.45) is 0 Å². The van der Waals surface area contributed by atoms with Crippen LogP contribution in [-0.2, 0) is 11.3 Å². The highest BCUT2D eigenvalue weighted by Gasteiger charge is 2.22. The van der Waals surface area contributed by atoms with Gasteiger partial charge in [-0.05, 0) is 12.5 Å². The quantitative estimate of drug-likeness (QED) is 0.663. The zero-order valence-corrected chi connectivity index (χ0v) is 10.9. The molecule has 1 unspecified atom stereocenters. The zero-order valence-electron chi connectivity index (χ0n) is 10.9. The molecule has 1 atom stereocenters. The van der Waals surface area contributed by atoms with Crippen LogP contribution >= 0.6 is 0 Å². The van der Waals surface area contributed by atoms with Crippen LogP contribution in [0.15, 0.2) is 18.2 Å². The Morgan fingerprint density at radius 1 is 1.58 bits per heavy atom. The molecular formula is C13H18N2O4. The highest BCUT2D eigenvalue weighted by molar-refractivity contribution is 5.58. The van der Waals surface area contributed by atoms with Crippen molar-refractivity contribution in [2.75, 3.05) is 24.6 Å². The van der Waals surface area contributed by atoms with E-state index in [9.17, 15) is 15.2 Å². The lowest BCUT2D eigenvalue weighted by Gasteiger charge is -2.35. The molecule has 19 heavy (non-hydrogen) atoms. The Hall–Kier alpha value is -1.66. The van der Waals surface area contributed by atoms with E-state index < -0.39 is 4.92 Å². The van der Waals surface area contributed by atoms with Crippen molar-refractivity contribution >= 4 is 11.4 Å². The normalized spacial score (nSPS) is 19.5. The molecule has 0 aromatic heterocycles. The summed E-state index contributed by atoms with van der Waals surface area (Å²) in [5.41, 5.74) is 1.45. The molecule has 1 aliphatic heterocycles. The van der Waals surface area contributed by atoms with Gasteiger partial charge in [0.1, 0.15) is 0 Å². The first kappa shape index (κ1) is 13.8. The van der Waals surface area contributed by atoms with Crippen molar-refractivity contribution in [3.05, 3.63) is 33.9 Å². The Labute approximate surface area is 111 Å². The third-order valence-electron chi connectivity index (χ3n) is 3.38. The number of non-ortho nitro benzene ring substituents is 1. The maximum Gasteiger partial charge on any atom is 0.269 e. The molecule has 1 saturated heterocycles. The molecule has 0 amide bonds. The Kier molecular flexibility index (Phi) is 4.34. The minimum atomic E-state index is -0.447. The van der Waals surface area contributed by atoms with Crippen molar-refractivity contribution in [3.63, 3.8) is 0 Å². The number of hydrogen-bond acceptors (Lipinski definition) is 5. The Bertz CT molecular complexity index is 464. The van der Waals surface area contributed by atoms with Gasteiger partial charge in [-0.3, -0.25) is 10.1 Å². The number of aliphatic hydroxyl groups excluding tert-OH is 1. The van der Waals surface area contributed by atoms with Crippen LogP contribution in [0.25, 0.3) is 0 Å². The Morgan fingerprint density at radius 3 is 3.00 bits per heavy atom. The lowest BCUT2D eigenvalue weighted by molar-refractivity contribution is -0.384. The summed E-state index contributed by atoms with van der Waals surface area (Å²) >= 11 is 0. The largest absolute Gasteiger partial charge is 0.392 e. The van der Waals surface area contributed by atoms with Crippen molar-refractivity contribution < 1.29 is 14.8 Å². The second-order valence-electron chi connectivity index (χ2n) is 4.58. The van der Waals surface area contributed by atoms with Gasteiger partial charge in [0.05, 0.1) is 24.2 Å². The smallest absolute Gasteiger partial charge is 0.269 e. The second kappa shape index (κ2) is 5.99. The zero-order chi connectivity index (χ0) is 13.8. The van der Waals surface area contributed by atoms with Crippen LogP contribution in [0.1, 0.15) is 18.9 Å². The molecule has 1 aliphatic rings. The van der Waals surface area contributed by atoms with Gasteiger partial charge >= 0.3 is 0 Å². The minimum Gasteiger partial charge on any atom is -0.392 e. The first-order chi connectivity index (χ1) is 9.15. The van der Waals surface area contributed by atoms with Gasteiger partial charge in [0.2, 0.25) is 0 Å². The van der Waals surface area contributed by atoms with Gasteiger partial charge in [-0.25, -0.2) is 0 Å². The van der Waals surface area contributed by atoms with Gasteiger partial charge < -0.3 is 14.7 Å². The summed E-state index contributed by atoms with van der Waals surface area (Å²) in [6, 6.07) is 4.62. The maximum atomic E-state index is 10.7. The SMILES string of the molecule is CCC1CN(c2ccc([N+](=O)[O-])cc2CO)CCO1. The van der Waals surface area contributed by atoms with E-state index in [0.29, 0.717) is 12.2 Å². The molecule has 0 bridgehead atoms. The Balaban J connectivity index is 2.26. The molecule has 1 N–H and O–H groups in total. The number of nitro benzene ring substituents is 1. The number of nitro groups is 1. The summed E-state index contributed by atoms with van der Waals surface area (Å²) in [5, 5.41) is 20.1. The third-order valence-corrected chi connectivity index (χ3v) is 3.38. The highest BCUT2D eigenvalue weighted by atomic mass is 16.6. The molecule has 0 radical (unpaired) electrons. The average molecular weight is 266 g/mol. The Morgan fingerprint density at radius 2 is 2.37 bits per heavy atom. The number of nitrogens with zero attached hydrogens (tertiary/aromatic N) is 2. The molecule has 1 fully saturated rings. The van der Waals surface area contributed by atoms with Crippen molar-refractivity contribution in [1.29, 1.82) is 0 Å². The van der Waals surface area contributed by atoms with Gasteiger partial charge in [-0.2, -0.15) is 0 Å². The van der Waals surface area contributed by atoms with Crippen LogP contribution in [0, 0.1) is 10.1 Å². The van der Waals surface area contributed by atoms with Crippen molar-refractivity contribution in [1.82, 2.24) is 0 Å². The number of hydrogen-bond donors (Lipinski definition) is 1. The average Bonchev–Trinajstić information content (AvgIpc) is 2.46. The summed E-state index contributed by atoms with van der Waals surface area (Å²) in [6.45, 7) is 3.99. The molecule has 1 heterocycles. The fraction of sp³-hybridized carbons (Fsp3) is 0.538. The second-order valence-corrected chi connectivity index (χ2v) is 4.58. The van der Waals surface area contributed by atoms with E-state index in [2.05, 4.69) is 11.8 Å². The fourth-order valence-electron chi connectivity index (χ4n) is 2.31. The van der Waals surface area contributed by atoms with E-state index in [4.69, 9.17) is 4.74 Å². The maximum absolute atomic E-state index is 10.7. The van der Waals surface area contributed by atoms with Crippen LogP contribution in [0.2, 0.25) is 0 Å². The topological polar surface area (TPSA) is 75.8 Å². The number of morpholine rings is 1. The summed E-state index contributed by atoms with van der Waals surface area (Å²) in [4.78, 5) is 12.4. The highest BCUT2D eigenvalue weighted by Crippen LogP contribution is 2.27. The monoisotopic (exact) mass is 266 g/mol. The van der Waals surface area contributed by atoms with E-state index in [1.54, 1.807) is 6.07 Å². The fourth-order valence-corrected chi connectivity index (χ4v) is 2.31. The summed E-state index contributed by atoms with van der Waals surface area (Å²) in [6.07, 6.45) is 1.10. The first-order valence-electron chi connectivity index (χ1n) is 6.40. The molecule has 2 rings (SSSR count). The molecule has 6 heteroatoms. The molecule has 1 aromatic rings. The van der Waals surface area contributed by atoms with E-state index in [1.807, 2.05) is 0 Å². The van der Waals surface area contributed by atoms with E-state index in [-0.39, 0.29) is 18.4 Å². The molecule has 1 aromatic carbocycles. The molecule has 104 valence electrons. The van der Waals surface area contributed by atoms with Crippen LogP contribution < -0.4 is 4.90 Å². The number of anilines is 1. The van der Waals surface area contributed by atoms with Gasteiger partial charge in [-0.1, -0.05) is 6.92 Å². The minimum absolute atomic E-state index is 0.00750. The predicted octanol–water partition coefficient (Wildman–Crippen LogP) is 1.70. The van der Waals surface area contributed by atoms with E-state index in [1.165, 1.54) is 12.1 Å². The van der Waals surface area contributed by atoms with Gasteiger partial charge in [0, 0.05) is 36.5 Å². The number of ether oxygens (including phenoxy) is 1. The number of benzene rings is 1. The van der Waals surface area contributed by atoms with E-state index >= 15 is 0 Å². The van der Waals surface area contributed by atoms with E-state index in [0.717, 1.165) is 25.2 Å². The number of aliphatic hydroxyl groups is 1.